The molecule has 0 bridgehead atoms. The first-order chi connectivity index (χ1) is 29.7. The fourth-order valence-electron chi connectivity index (χ4n) is 7.90. The molecule has 0 unspecified atom stereocenters. The number of piperidine rings is 2. The third-order valence-electron chi connectivity index (χ3n) is 11.5. The number of halogens is 5. The van der Waals surface area contributed by atoms with Crippen LogP contribution in [0.1, 0.15) is 75.8 Å². The molecule has 2 aromatic carbocycles. The van der Waals surface area contributed by atoms with Crippen LogP contribution in [0.25, 0.3) is 21.8 Å². The van der Waals surface area contributed by atoms with E-state index in [4.69, 9.17) is 10.4 Å². The number of hydrogen-bond donors (Lipinski definition) is 2. The summed E-state index contributed by atoms with van der Waals surface area (Å²) < 4.78 is 72.3. The number of hydrogen-bond acceptors (Lipinski definition) is 9. The molecule has 2 aliphatic rings. The van der Waals surface area contributed by atoms with E-state index >= 15 is 0 Å². The third-order valence-corrected chi connectivity index (χ3v) is 11.5. The van der Waals surface area contributed by atoms with E-state index in [0.717, 1.165) is 11.0 Å². The Hall–Kier alpha value is -6.32. The molecule has 62 heavy (non-hydrogen) atoms. The Balaban J connectivity index is 0.000000187. The van der Waals surface area contributed by atoms with E-state index in [0.29, 0.717) is 104 Å². The minimum atomic E-state index is -2.59. The fraction of sp³-hybridized carbons (Fsp3) is 0.386. The smallest absolute Gasteiger partial charge is 0.336 e. The van der Waals surface area contributed by atoms with Gasteiger partial charge in [0.1, 0.15) is 17.3 Å². The van der Waals surface area contributed by atoms with E-state index in [-0.39, 0.29) is 37.1 Å². The standard InChI is InChI=1S/C23H24F2N6O.C21H21F3N4O2/c1-23(25)5-8-30(9-6-23)10-11-31-21-3-2-17(24)13-19(21)20(29-31)12-16-14-27-7-4-18(16)22(32)28-15-26;22-15-1-2-19-17(12-15)18(11-14-13-25-6-3-16(14)20(29)30)26-28(19)10-9-27-7-4-21(23,24)5-8-27/h2-4,7,13-14H,5-6,8-12H2,1H3,(H,28,32);1-3,6,12-13H,4-5,7-11H2,(H,29,30). The highest BCUT2D eigenvalue weighted by Crippen LogP contribution is 2.29. The molecule has 18 heteroatoms. The number of carbonyl (C=O) groups excluding carboxylic acids is 1. The summed E-state index contributed by atoms with van der Waals surface area (Å²) in [6.45, 7) is 6.00. The second-order valence-electron chi connectivity index (χ2n) is 15.9. The minimum Gasteiger partial charge on any atom is -0.478 e. The lowest BCUT2D eigenvalue weighted by Crippen LogP contribution is -2.41. The van der Waals surface area contributed by atoms with Gasteiger partial charge in [0.25, 0.3) is 11.8 Å². The van der Waals surface area contributed by atoms with Crippen molar-refractivity contribution in [3.05, 3.63) is 119 Å². The van der Waals surface area contributed by atoms with Crippen LogP contribution in [0.3, 0.4) is 0 Å². The molecule has 6 aromatic rings. The van der Waals surface area contributed by atoms with Gasteiger partial charge in [0.15, 0.2) is 6.19 Å². The van der Waals surface area contributed by atoms with Crippen LogP contribution >= 0.6 is 0 Å². The summed E-state index contributed by atoms with van der Waals surface area (Å²) >= 11 is 0. The molecule has 0 aliphatic carbocycles. The third kappa shape index (κ3) is 10.6. The topological polar surface area (TPSA) is 158 Å². The molecule has 2 N–H and O–H groups in total. The molecule has 0 spiro atoms. The van der Waals surface area contributed by atoms with Gasteiger partial charge >= 0.3 is 5.97 Å². The van der Waals surface area contributed by atoms with Gasteiger partial charge < -0.3 is 14.9 Å². The van der Waals surface area contributed by atoms with Gasteiger partial charge in [-0.05, 0) is 79.4 Å². The van der Waals surface area contributed by atoms with Crippen LogP contribution in [-0.4, -0.2) is 107 Å². The van der Waals surface area contributed by atoms with Crippen molar-refractivity contribution in [2.75, 3.05) is 39.3 Å². The first kappa shape index (κ1) is 43.8. The van der Waals surface area contributed by atoms with Gasteiger partial charge in [-0.1, -0.05) is 0 Å². The summed E-state index contributed by atoms with van der Waals surface area (Å²) in [5.74, 6) is -4.96. The molecular formula is C44H45F5N10O3. The number of aromatic carboxylic acids is 1. The number of carboxylic acids is 1. The lowest BCUT2D eigenvalue weighted by atomic mass is 9.96. The molecule has 324 valence electrons. The number of nitrogens with one attached hydrogen (secondary N) is 1. The van der Waals surface area contributed by atoms with E-state index in [1.807, 2.05) is 9.58 Å². The molecule has 0 radical (unpaired) electrons. The first-order valence-electron chi connectivity index (χ1n) is 20.3. The van der Waals surface area contributed by atoms with E-state index < -0.39 is 29.3 Å². The average Bonchev–Trinajstić information content (AvgIpc) is 3.76. The number of nitriles is 1. The van der Waals surface area contributed by atoms with Crippen molar-refractivity contribution >= 4 is 33.7 Å². The molecular weight excluding hydrogens is 812 g/mol. The number of amides is 1. The highest BCUT2D eigenvalue weighted by molar-refractivity contribution is 5.96. The number of aromatic nitrogens is 6. The number of rotatable bonds is 12. The molecule has 2 fully saturated rings. The van der Waals surface area contributed by atoms with Gasteiger partial charge in [-0.15, -0.1) is 0 Å². The second-order valence-corrected chi connectivity index (χ2v) is 15.9. The molecule has 13 nitrogen and oxygen atoms in total. The van der Waals surface area contributed by atoms with Crippen LogP contribution in [0.2, 0.25) is 0 Å². The SMILES string of the molecule is CC1(F)CCN(CCn2nc(Cc3cnccc3C(=O)NC#N)c3cc(F)ccc32)CC1.O=C(O)c1ccncc1Cc1nn(CCN2CCC(F)(F)CC2)c2ccc(F)cc12. The molecule has 2 saturated heterocycles. The highest BCUT2D eigenvalue weighted by Gasteiger charge is 2.34. The van der Waals surface area contributed by atoms with Crippen molar-refractivity contribution in [2.45, 2.75) is 70.1 Å². The predicted octanol–water partition coefficient (Wildman–Crippen LogP) is 6.79. The molecule has 8 rings (SSSR count). The number of carboxylic acid groups (broad SMARTS) is 1. The number of nitrogens with zero attached hydrogens (tertiary/aromatic N) is 9. The Morgan fingerprint density at radius 2 is 1.19 bits per heavy atom. The van der Waals surface area contributed by atoms with Gasteiger partial charge in [0.2, 0.25) is 0 Å². The van der Waals surface area contributed by atoms with Crippen LogP contribution in [0.4, 0.5) is 22.0 Å². The Morgan fingerprint density at radius 1 is 0.726 bits per heavy atom. The highest BCUT2D eigenvalue weighted by atomic mass is 19.3. The molecule has 6 heterocycles. The number of benzene rings is 2. The van der Waals surface area contributed by atoms with Crippen molar-refractivity contribution in [1.82, 2.24) is 44.6 Å². The zero-order valence-corrected chi connectivity index (χ0v) is 34.0. The summed E-state index contributed by atoms with van der Waals surface area (Å²) in [7, 11) is 0. The zero-order chi connectivity index (χ0) is 44.0. The Bertz CT molecular complexity index is 2600. The minimum absolute atomic E-state index is 0.123. The number of alkyl halides is 3. The average molecular weight is 857 g/mol. The maximum atomic E-state index is 14.1. The number of carbonyl (C=O) groups is 2. The van der Waals surface area contributed by atoms with E-state index in [2.05, 4.69) is 25.3 Å². The number of fused-ring (bicyclic) bond motifs is 2. The van der Waals surface area contributed by atoms with E-state index in [1.165, 1.54) is 55.0 Å². The van der Waals surface area contributed by atoms with Crippen molar-refractivity contribution < 1.29 is 36.6 Å². The monoisotopic (exact) mass is 856 g/mol. The summed E-state index contributed by atoms with van der Waals surface area (Å²) in [4.78, 5) is 36.0. The van der Waals surface area contributed by atoms with Crippen LogP contribution < -0.4 is 5.32 Å². The maximum absolute atomic E-state index is 14.1. The van der Waals surface area contributed by atoms with Crippen LogP contribution in [0, 0.1) is 23.1 Å². The molecule has 1 amide bonds. The quantitative estimate of drug-likeness (QED) is 0.0764. The van der Waals surface area contributed by atoms with Crippen LogP contribution in [-0.2, 0) is 25.9 Å². The Labute approximate surface area is 353 Å². The zero-order valence-electron chi connectivity index (χ0n) is 34.0. The van der Waals surface area contributed by atoms with Gasteiger partial charge in [0, 0.05) is 106 Å². The summed E-state index contributed by atoms with van der Waals surface area (Å²) in [5, 5.41) is 30.9. The van der Waals surface area contributed by atoms with Gasteiger partial charge in [-0.25, -0.2) is 26.7 Å². The van der Waals surface area contributed by atoms with Gasteiger partial charge in [-0.3, -0.25) is 29.4 Å². The molecule has 4 aromatic heterocycles. The van der Waals surface area contributed by atoms with E-state index in [9.17, 15) is 36.6 Å². The molecule has 0 saturated carbocycles. The predicted molar refractivity (Wildman–Crippen MR) is 219 cm³/mol. The fourth-order valence-corrected chi connectivity index (χ4v) is 7.90. The first-order valence-corrected chi connectivity index (χ1v) is 20.3. The lowest BCUT2D eigenvalue weighted by molar-refractivity contribution is -0.0555. The summed E-state index contributed by atoms with van der Waals surface area (Å²) in [6.07, 6.45) is 8.73. The van der Waals surface area contributed by atoms with E-state index in [1.54, 1.807) is 36.1 Å². The number of likely N-dealkylation sites (tertiary alicyclic amines) is 2. The summed E-state index contributed by atoms with van der Waals surface area (Å²) in [6, 6.07) is 11.9. The largest absolute Gasteiger partial charge is 0.478 e. The Morgan fingerprint density at radius 3 is 1.68 bits per heavy atom. The molecule has 2 aliphatic heterocycles. The normalized spacial score (nSPS) is 16.4. The molecule has 0 atom stereocenters. The maximum Gasteiger partial charge on any atom is 0.336 e. The van der Waals surface area contributed by atoms with Crippen molar-refractivity contribution in [2.24, 2.45) is 0 Å². The van der Waals surface area contributed by atoms with Crippen molar-refractivity contribution in [3.63, 3.8) is 0 Å². The van der Waals surface area contributed by atoms with Crippen molar-refractivity contribution in [1.29, 1.82) is 5.26 Å². The lowest BCUT2D eigenvalue weighted by Gasteiger charge is -2.34. The summed E-state index contributed by atoms with van der Waals surface area (Å²) in [5.41, 5.74) is 3.10. The van der Waals surface area contributed by atoms with Gasteiger partial charge in [-0.2, -0.15) is 15.5 Å². The van der Waals surface area contributed by atoms with Crippen LogP contribution in [0.5, 0.6) is 0 Å². The van der Waals surface area contributed by atoms with Crippen LogP contribution in [0.15, 0.2) is 73.3 Å². The number of pyridine rings is 2. The van der Waals surface area contributed by atoms with Gasteiger partial charge in [0.05, 0.1) is 41.1 Å². The Kier molecular flexibility index (Phi) is 13.2. The second kappa shape index (κ2) is 18.7. The van der Waals surface area contributed by atoms with Crippen molar-refractivity contribution in [3.8, 4) is 6.19 Å².